The second-order valence-corrected chi connectivity index (χ2v) is 8.90. The maximum Gasteiger partial charge on any atom is 0.191 e. The molecule has 1 heterocycles. The Kier molecular flexibility index (Phi) is 8.91. The van der Waals surface area contributed by atoms with E-state index in [0.717, 1.165) is 25.6 Å². The molecule has 0 bridgehead atoms. The molecular formula is C16H34N4O2S. The van der Waals surface area contributed by atoms with Crippen molar-refractivity contribution in [2.75, 3.05) is 44.7 Å². The average molecular weight is 347 g/mol. The number of nitrogens with zero attached hydrogens (tertiary/aromatic N) is 2. The van der Waals surface area contributed by atoms with Crippen LogP contribution >= 0.6 is 0 Å². The van der Waals surface area contributed by atoms with Gasteiger partial charge in [-0.05, 0) is 52.1 Å². The second kappa shape index (κ2) is 10.1. The lowest BCUT2D eigenvalue weighted by Crippen LogP contribution is -2.43. The summed E-state index contributed by atoms with van der Waals surface area (Å²) in [6.45, 7) is 11.4. The first kappa shape index (κ1) is 20.2. The molecule has 1 fully saturated rings. The molecule has 0 radical (unpaired) electrons. The molecule has 2 unspecified atom stereocenters. The molecule has 1 rings (SSSR count). The molecule has 23 heavy (non-hydrogen) atoms. The quantitative estimate of drug-likeness (QED) is 0.483. The molecular weight excluding hydrogens is 312 g/mol. The Morgan fingerprint density at radius 3 is 2.74 bits per heavy atom. The number of rotatable bonds is 9. The first-order chi connectivity index (χ1) is 10.8. The lowest BCUT2D eigenvalue weighted by atomic mass is 10.1. The SMILES string of the molecule is CCCN1CCC(CN=C(NCC)NC(C)CCS(C)(=O)=O)C1. The molecule has 0 aromatic rings. The summed E-state index contributed by atoms with van der Waals surface area (Å²) in [5, 5.41) is 6.56. The van der Waals surface area contributed by atoms with Gasteiger partial charge in [0, 0.05) is 31.9 Å². The van der Waals surface area contributed by atoms with E-state index < -0.39 is 9.84 Å². The normalized spacial score (nSPS) is 21.4. The van der Waals surface area contributed by atoms with Crippen LogP contribution in [0.3, 0.4) is 0 Å². The molecule has 6 nitrogen and oxygen atoms in total. The Hall–Kier alpha value is -0.820. The predicted molar refractivity (Wildman–Crippen MR) is 97.7 cm³/mol. The number of likely N-dealkylation sites (tertiary alicyclic amines) is 1. The van der Waals surface area contributed by atoms with Crippen molar-refractivity contribution in [3.63, 3.8) is 0 Å². The maximum absolute atomic E-state index is 11.3. The van der Waals surface area contributed by atoms with Crippen molar-refractivity contribution in [1.29, 1.82) is 0 Å². The third-order valence-electron chi connectivity index (χ3n) is 4.07. The van der Waals surface area contributed by atoms with Gasteiger partial charge < -0.3 is 15.5 Å². The third-order valence-corrected chi connectivity index (χ3v) is 5.04. The van der Waals surface area contributed by atoms with Crippen LogP contribution in [0.2, 0.25) is 0 Å². The van der Waals surface area contributed by atoms with E-state index in [0.29, 0.717) is 12.3 Å². The molecule has 0 aromatic carbocycles. The fraction of sp³-hybridized carbons (Fsp3) is 0.938. The monoisotopic (exact) mass is 346 g/mol. The van der Waals surface area contributed by atoms with Crippen LogP contribution in [0.5, 0.6) is 0 Å². The van der Waals surface area contributed by atoms with Crippen LogP contribution in [0, 0.1) is 5.92 Å². The van der Waals surface area contributed by atoms with Crippen molar-refractivity contribution in [2.24, 2.45) is 10.9 Å². The van der Waals surface area contributed by atoms with Crippen LogP contribution in [0.4, 0.5) is 0 Å². The third kappa shape index (κ3) is 9.15. The van der Waals surface area contributed by atoms with E-state index in [2.05, 4.69) is 22.5 Å². The van der Waals surface area contributed by atoms with E-state index in [-0.39, 0.29) is 11.8 Å². The minimum atomic E-state index is -2.91. The van der Waals surface area contributed by atoms with E-state index in [1.54, 1.807) is 0 Å². The molecule has 136 valence electrons. The van der Waals surface area contributed by atoms with Crippen LogP contribution in [-0.4, -0.2) is 70.1 Å². The van der Waals surface area contributed by atoms with Gasteiger partial charge in [-0.1, -0.05) is 6.92 Å². The fourth-order valence-electron chi connectivity index (χ4n) is 2.82. The minimum absolute atomic E-state index is 0.0858. The van der Waals surface area contributed by atoms with Gasteiger partial charge in [0.1, 0.15) is 9.84 Å². The molecule has 1 aliphatic heterocycles. The Morgan fingerprint density at radius 1 is 1.39 bits per heavy atom. The van der Waals surface area contributed by atoms with Crippen molar-refractivity contribution in [3.8, 4) is 0 Å². The van der Waals surface area contributed by atoms with E-state index in [1.807, 2.05) is 13.8 Å². The Balaban J connectivity index is 2.44. The van der Waals surface area contributed by atoms with E-state index in [4.69, 9.17) is 4.99 Å². The number of sulfone groups is 1. The summed E-state index contributed by atoms with van der Waals surface area (Å²) in [4.78, 5) is 7.20. The topological polar surface area (TPSA) is 73.8 Å². The summed E-state index contributed by atoms with van der Waals surface area (Å²) in [6.07, 6.45) is 4.29. The number of nitrogens with one attached hydrogen (secondary N) is 2. The Morgan fingerprint density at radius 2 is 2.13 bits per heavy atom. The number of guanidine groups is 1. The lowest BCUT2D eigenvalue weighted by molar-refractivity contribution is 0.326. The molecule has 1 aliphatic rings. The Labute approximate surface area is 142 Å². The molecule has 2 N–H and O–H groups in total. The number of hydrogen-bond donors (Lipinski definition) is 2. The largest absolute Gasteiger partial charge is 0.357 e. The van der Waals surface area contributed by atoms with Crippen molar-refractivity contribution in [3.05, 3.63) is 0 Å². The van der Waals surface area contributed by atoms with Gasteiger partial charge in [0.25, 0.3) is 0 Å². The van der Waals surface area contributed by atoms with Crippen molar-refractivity contribution >= 4 is 15.8 Å². The van der Waals surface area contributed by atoms with Crippen molar-refractivity contribution in [2.45, 2.75) is 46.1 Å². The van der Waals surface area contributed by atoms with Gasteiger partial charge in [0.05, 0.1) is 5.75 Å². The molecule has 2 atom stereocenters. The molecule has 0 aliphatic carbocycles. The predicted octanol–water partition coefficient (Wildman–Crippen LogP) is 1.10. The van der Waals surface area contributed by atoms with Gasteiger partial charge in [-0.2, -0.15) is 0 Å². The van der Waals surface area contributed by atoms with Gasteiger partial charge in [-0.3, -0.25) is 4.99 Å². The van der Waals surface area contributed by atoms with Crippen LogP contribution in [0.15, 0.2) is 4.99 Å². The number of hydrogen-bond acceptors (Lipinski definition) is 4. The maximum atomic E-state index is 11.3. The molecule has 1 saturated heterocycles. The second-order valence-electron chi connectivity index (χ2n) is 6.64. The average Bonchev–Trinajstić information content (AvgIpc) is 2.90. The summed E-state index contributed by atoms with van der Waals surface area (Å²) in [7, 11) is -2.91. The first-order valence-corrected chi connectivity index (χ1v) is 10.8. The number of aliphatic imine (C=N–C) groups is 1. The van der Waals surface area contributed by atoms with Gasteiger partial charge in [0.2, 0.25) is 0 Å². The summed E-state index contributed by atoms with van der Waals surface area (Å²) in [5.41, 5.74) is 0. The van der Waals surface area contributed by atoms with Crippen LogP contribution in [-0.2, 0) is 9.84 Å². The van der Waals surface area contributed by atoms with Crippen LogP contribution < -0.4 is 10.6 Å². The highest BCUT2D eigenvalue weighted by molar-refractivity contribution is 7.90. The van der Waals surface area contributed by atoms with Crippen molar-refractivity contribution < 1.29 is 8.42 Å². The molecule has 0 aromatic heterocycles. The summed E-state index contributed by atoms with van der Waals surface area (Å²) < 4.78 is 22.5. The van der Waals surface area contributed by atoms with E-state index in [9.17, 15) is 8.42 Å². The van der Waals surface area contributed by atoms with Gasteiger partial charge >= 0.3 is 0 Å². The minimum Gasteiger partial charge on any atom is -0.357 e. The van der Waals surface area contributed by atoms with Crippen molar-refractivity contribution in [1.82, 2.24) is 15.5 Å². The smallest absolute Gasteiger partial charge is 0.191 e. The molecule has 0 spiro atoms. The first-order valence-electron chi connectivity index (χ1n) is 8.79. The molecule has 0 saturated carbocycles. The zero-order chi connectivity index (χ0) is 17.3. The van der Waals surface area contributed by atoms with Gasteiger partial charge in [-0.25, -0.2) is 8.42 Å². The highest BCUT2D eigenvalue weighted by Gasteiger charge is 2.21. The summed E-state index contributed by atoms with van der Waals surface area (Å²) >= 11 is 0. The lowest BCUT2D eigenvalue weighted by Gasteiger charge is -2.18. The van der Waals surface area contributed by atoms with E-state index >= 15 is 0 Å². The molecule has 0 amide bonds. The Bertz CT molecular complexity index is 465. The standard InChI is InChI=1S/C16H34N4O2S/c1-5-9-20-10-7-15(13-20)12-18-16(17-6-2)19-14(3)8-11-23(4,21)22/h14-15H,5-13H2,1-4H3,(H2,17,18,19). The zero-order valence-corrected chi connectivity index (χ0v) is 16.0. The van der Waals surface area contributed by atoms with Crippen LogP contribution in [0.25, 0.3) is 0 Å². The van der Waals surface area contributed by atoms with Gasteiger partial charge in [-0.15, -0.1) is 0 Å². The van der Waals surface area contributed by atoms with Crippen LogP contribution in [0.1, 0.15) is 40.0 Å². The fourth-order valence-corrected chi connectivity index (χ4v) is 3.60. The summed E-state index contributed by atoms with van der Waals surface area (Å²) in [6, 6.07) is 0.0858. The zero-order valence-electron chi connectivity index (χ0n) is 15.1. The molecule has 7 heteroatoms. The highest BCUT2D eigenvalue weighted by Crippen LogP contribution is 2.16. The van der Waals surface area contributed by atoms with Gasteiger partial charge in [0.15, 0.2) is 5.96 Å². The highest BCUT2D eigenvalue weighted by atomic mass is 32.2. The van der Waals surface area contributed by atoms with E-state index in [1.165, 1.54) is 32.2 Å². The summed E-state index contributed by atoms with van der Waals surface area (Å²) in [5.74, 6) is 1.63.